The van der Waals surface area contributed by atoms with Crippen LogP contribution >= 0.6 is 0 Å². The second-order valence-corrected chi connectivity index (χ2v) is 3.89. The van der Waals surface area contributed by atoms with Crippen LogP contribution in [0.2, 0.25) is 0 Å². The minimum absolute atomic E-state index is 0.282. The molecule has 0 aromatic rings. The van der Waals surface area contributed by atoms with Crippen LogP contribution in [0.3, 0.4) is 0 Å². The summed E-state index contributed by atoms with van der Waals surface area (Å²) in [5, 5.41) is 11.0. The van der Waals surface area contributed by atoms with Crippen LogP contribution in [0.15, 0.2) is 0 Å². The van der Waals surface area contributed by atoms with Crippen molar-refractivity contribution in [3.63, 3.8) is 0 Å². The highest BCUT2D eigenvalue weighted by molar-refractivity contribution is 5.73. The molecule has 0 aliphatic heterocycles. The Hall–Kier alpha value is -1.40. The fourth-order valence-corrected chi connectivity index (χ4v) is 1.15. The van der Waals surface area contributed by atoms with Gasteiger partial charge in [-0.05, 0) is 12.8 Å². The van der Waals surface area contributed by atoms with E-state index in [1.54, 1.807) is 6.92 Å². The summed E-state index contributed by atoms with van der Waals surface area (Å²) in [5.41, 5.74) is 0. The standard InChI is InChI=1S/C10H18F2N2O3/c1-7(9(15)16)4-3-5-13-10(17)14(2)6-8(11)12/h7-8H,3-6H2,1-2H3,(H,13,17)(H,15,16). The number of carbonyl (C=O) groups is 2. The molecule has 17 heavy (non-hydrogen) atoms. The van der Waals surface area contributed by atoms with Gasteiger partial charge in [0.1, 0.15) is 0 Å². The first-order valence-corrected chi connectivity index (χ1v) is 5.34. The molecule has 0 aromatic heterocycles. The molecule has 2 N–H and O–H groups in total. The molecule has 1 atom stereocenters. The Morgan fingerprint density at radius 3 is 2.47 bits per heavy atom. The first-order chi connectivity index (χ1) is 7.84. The Morgan fingerprint density at radius 1 is 1.41 bits per heavy atom. The third-order valence-corrected chi connectivity index (χ3v) is 2.27. The molecule has 0 aromatic carbocycles. The maximum atomic E-state index is 11.9. The number of carbonyl (C=O) groups excluding carboxylic acids is 1. The fraction of sp³-hybridized carbons (Fsp3) is 0.800. The summed E-state index contributed by atoms with van der Waals surface area (Å²) in [6.07, 6.45) is -1.62. The largest absolute Gasteiger partial charge is 0.481 e. The van der Waals surface area contributed by atoms with Gasteiger partial charge in [-0.3, -0.25) is 4.79 Å². The lowest BCUT2D eigenvalue weighted by Gasteiger charge is -2.17. The van der Waals surface area contributed by atoms with Crippen LogP contribution in [0.25, 0.3) is 0 Å². The van der Waals surface area contributed by atoms with E-state index in [9.17, 15) is 18.4 Å². The van der Waals surface area contributed by atoms with Gasteiger partial charge in [-0.2, -0.15) is 0 Å². The summed E-state index contributed by atoms with van der Waals surface area (Å²) >= 11 is 0. The minimum Gasteiger partial charge on any atom is -0.481 e. The number of alkyl halides is 2. The third kappa shape index (κ3) is 7.48. The van der Waals surface area contributed by atoms with E-state index in [1.807, 2.05) is 0 Å². The van der Waals surface area contributed by atoms with Gasteiger partial charge in [-0.25, -0.2) is 13.6 Å². The molecule has 0 saturated carbocycles. The van der Waals surface area contributed by atoms with Crippen LogP contribution in [0.4, 0.5) is 13.6 Å². The smallest absolute Gasteiger partial charge is 0.317 e. The van der Waals surface area contributed by atoms with E-state index in [0.29, 0.717) is 12.8 Å². The predicted molar refractivity (Wildman–Crippen MR) is 58.1 cm³/mol. The van der Waals surface area contributed by atoms with Gasteiger partial charge < -0.3 is 15.3 Å². The Labute approximate surface area is 98.8 Å². The number of urea groups is 1. The van der Waals surface area contributed by atoms with Crippen LogP contribution in [-0.4, -0.2) is 48.6 Å². The van der Waals surface area contributed by atoms with Gasteiger partial charge in [0.15, 0.2) is 0 Å². The fourth-order valence-electron chi connectivity index (χ4n) is 1.15. The van der Waals surface area contributed by atoms with Crippen molar-refractivity contribution in [1.82, 2.24) is 10.2 Å². The lowest BCUT2D eigenvalue weighted by atomic mass is 10.1. The van der Waals surface area contributed by atoms with Crippen LogP contribution in [-0.2, 0) is 4.79 Å². The number of nitrogens with one attached hydrogen (secondary N) is 1. The topological polar surface area (TPSA) is 69.6 Å². The zero-order chi connectivity index (χ0) is 13.4. The SMILES string of the molecule is CC(CCCNC(=O)N(C)CC(F)F)C(=O)O. The Balaban J connectivity index is 3.68. The molecular weight excluding hydrogens is 234 g/mol. The van der Waals surface area contributed by atoms with E-state index in [-0.39, 0.29) is 6.54 Å². The number of amides is 2. The highest BCUT2D eigenvalue weighted by Gasteiger charge is 2.14. The van der Waals surface area contributed by atoms with E-state index in [4.69, 9.17) is 5.11 Å². The van der Waals surface area contributed by atoms with Crippen LogP contribution in [0.1, 0.15) is 19.8 Å². The lowest BCUT2D eigenvalue weighted by molar-refractivity contribution is -0.141. The van der Waals surface area contributed by atoms with E-state index in [1.165, 1.54) is 7.05 Å². The quantitative estimate of drug-likeness (QED) is 0.673. The zero-order valence-electron chi connectivity index (χ0n) is 9.95. The van der Waals surface area contributed by atoms with Crippen molar-refractivity contribution in [2.75, 3.05) is 20.1 Å². The maximum Gasteiger partial charge on any atom is 0.317 e. The van der Waals surface area contributed by atoms with Gasteiger partial charge in [-0.15, -0.1) is 0 Å². The number of hydrogen-bond acceptors (Lipinski definition) is 2. The third-order valence-electron chi connectivity index (χ3n) is 2.27. The van der Waals surface area contributed by atoms with Gasteiger partial charge in [0.05, 0.1) is 12.5 Å². The van der Waals surface area contributed by atoms with Crippen molar-refractivity contribution >= 4 is 12.0 Å². The molecule has 0 spiro atoms. The van der Waals surface area contributed by atoms with Crippen molar-refractivity contribution in [2.24, 2.45) is 5.92 Å². The van der Waals surface area contributed by atoms with Gasteiger partial charge >= 0.3 is 12.0 Å². The summed E-state index contributed by atoms with van der Waals surface area (Å²) < 4.78 is 23.9. The molecule has 1 unspecified atom stereocenters. The highest BCUT2D eigenvalue weighted by Crippen LogP contribution is 2.04. The summed E-state index contributed by atoms with van der Waals surface area (Å²) in [6.45, 7) is 1.24. The molecule has 0 heterocycles. The molecule has 100 valence electrons. The van der Waals surface area contributed by atoms with Gasteiger partial charge in [0.25, 0.3) is 6.43 Å². The van der Waals surface area contributed by atoms with Crippen LogP contribution in [0.5, 0.6) is 0 Å². The Morgan fingerprint density at radius 2 is 2.00 bits per heavy atom. The highest BCUT2D eigenvalue weighted by atomic mass is 19.3. The van der Waals surface area contributed by atoms with Crippen LogP contribution < -0.4 is 5.32 Å². The molecule has 2 amide bonds. The monoisotopic (exact) mass is 252 g/mol. The summed E-state index contributed by atoms with van der Waals surface area (Å²) in [6, 6.07) is -0.576. The molecule has 0 bridgehead atoms. The average molecular weight is 252 g/mol. The average Bonchev–Trinajstić information content (AvgIpc) is 2.22. The predicted octanol–water partition coefficient (Wildman–Crippen LogP) is 1.39. The summed E-state index contributed by atoms with van der Waals surface area (Å²) in [5.74, 6) is -1.35. The number of aliphatic carboxylic acids is 1. The summed E-state index contributed by atoms with van der Waals surface area (Å²) in [4.78, 5) is 22.6. The number of nitrogens with zero attached hydrogens (tertiary/aromatic N) is 1. The molecule has 0 rings (SSSR count). The Bertz CT molecular complexity index is 262. The second kappa shape index (κ2) is 7.81. The van der Waals surface area contributed by atoms with Crippen molar-refractivity contribution in [3.8, 4) is 0 Å². The molecule has 7 heteroatoms. The number of rotatable bonds is 7. The molecular formula is C10H18F2N2O3. The van der Waals surface area contributed by atoms with Crippen molar-refractivity contribution in [1.29, 1.82) is 0 Å². The number of hydrogen-bond donors (Lipinski definition) is 2. The van der Waals surface area contributed by atoms with E-state index >= 15 is 0 Å². The first-order valence-electron chi connectivity index (χ1n) is 5.34. The molecule has 0 saturated heterocycles. The Kier molecular flexibility index (Phi) is 7.16. The maximum absolute atomic E-state index is 11.9. The molecule has 0 fully saturated rings. The van der Waals surface area contributed by atoms with E-state index in [0.717, 1.165) is 4.90 Å². The number of carboxylic acids is 1. The van der Waals surface area contributed by atoms with Crippen molar-refractivity contribution in [2.45, 2.75) is 26.2 Å². The summed E-state index contributed by atoms with van der Waals surface area (Å²) in [7, 11) is 1.28. The normalized spacial score (nSPS) is 12.3. The molecule has 5 nitrogen and oxygen atoms in total. The van der Waals surface area contributed by atoms with Crippen molar-refractivity contribution < 1.29 is 23.5 Å². The first kappa shape index (κ1) is 15.6. The van der Waals surface area contributed by atoms with Crippen molar-refractivity contribution in [3.05, 3.63) is 0 Å². The van der Waals surface area contributed by atoms with E-state index < -0.39 is 30.9 Å². The van der Waals surface area contributed by atoms with Gasteiger partial charge in [0, 0.05) is 13.6 Å². The molecule has 0 radical (unpaired) electrons. The van der Waals surface area contributed by atoms with Gasteiger partial charge in [-0.1, -0.05) is 6.92 Å². The zero-order valence-corrected chi connectivity index (χ0v) is 9.95. The van der Waals surface area contributed by atoms with Gasteiger partial charge in [0.2, 0.25) is 0 Å². The number of halogens is 2. The minimum atomic E-state index is -2.56. The van der Waals surface area contributed by atoms with E-state index in [2.05, 4.69) is 5.32 Å². The molecule has 0 aliphatic carbocycles. The number of carboxylic acid groups (broad SMARTS) is 1. The van der Waals surface area contributed by atoms with Crippen LogP contribution in [0, 0.1) is 5.92 Å². The lowest BCUT2D eigenvalue weighted by Crippen LogP contribution is -2.40. The molecule has 0 aliphatic rings. The second-order valence-electron chi connectivity index (χ2n) is 3.89.